The van der Waals surface area contributed by atoms with Crippen molar-refractivity contribution in [1.82, 2.24) is 0 Å². The maximum Gasteiger partial charge on any atom is -1.00 e. The minimum absolute atomic E-state index is 0. The van der Waals surface area contributed by atoms with Gasteiger partial charge in [0, 0.05) is 0 Å². The summed E-state index contributed by atoms with van der Waals surface area (Å²) in [6, 6.07) is 23.0. The Labute approximate surface area is 294 Å². The van der Waals surface area contributed by atoms with Crippen molar-refractivity contribution in [2.45, 2.75) is 100 Å². The van der Waals surface area contributed by atoms with Gasteiger partial charge in [-0.05, 0) is 0 Å². The molecule has 1 aliphatic carbocycles. The fourth-order valence-corrected chi connectivity index (χ4v) is 13.5. The molecule has 0 amide bonds. The molecular weight excluding hydrogens is 639 g/mol. The smallest absolute Gasteiger partial charge is 1.00 e. The minimum atomic E-state index is -2.62. The number of allylic oxidation sites excluding steroid dienone is 4. The van der Waals surface area contributed by atoms with E-state index in [1.165, 1.54) is 37.3 Å². The van der Waals surface area contributed by atoms with Crippen molar-refractivity contribution < 1.29 is 57.7 Å². The predicted octanol–water partition coefficient (Wildman–Crippen LogP) is -1.13. The molecule has 230 valence electrons. The molecular formula is C38H49Cl3SiTi. The van der Waals surface area contributed by atoms with Crippen LogP contribution in [0.3, 0.4) is 0 Å². The van der Waals surface area contributed by atoms with Crippen LogP contribution in [0.5, 0.6) is 0 Å². The molecule has 0 atom stereocenters. The quantitative estimate of drug-likeness (QED) is 0.177. The molecule has 0 bridgehead atoms. The van der Waals surface area contributed by atoms with Crippen molar-refractivity contribution in [2.75, 3.05) is 0 Å². The summed E-state index contributed by atoms with van der Waals surface area (Å²) in [5.41, 5.74) is 10.5. The fraction of sp³-hybridized carbons (Fsp3) is 0.421. The van der Waals surface area contributed by atoms with Gasteiger partial charge in [0.25, 0.3) is 0 Å². The molecule has 3 aromatic carbocycles. The van der Waals surface area contributed by atoms with Gasteiger partial charge in [-0.2, -0.15) is 0 Å². The van der Waals surface area contributed by atoms with Crippen molar-refractivity contribution >= 4 is 23.6 Å². The van der Waals surface area contributed by atoms with E-state index in [0.717, 1.165) is 44.9 Å². The Balaban J connectivity index is 0.00000308. The van der Waals surface area contributed by atoms with Gasteiger partial charge in [0.1, 0.15) is 0 Å². The van der Waals surface area contributed by atoms with Crippen LogP contribution in [-0.4, -0.2) is 8.07 Å². The van der Waals surface area contributed by atoms with E-state index in [9.17, 15) is 0 Å². The number of rotatable bonds is 11. The Hall–Kier alpha value is -1.06. The molecule has 0 N–H and O–H groups in total. The average molecular weight is 688 g/mol. The molecule has 4 rings (SSSR count). The second-order valence-electron chi connectivity index (χ2n) is 11.9. The van der Waals surface area contributed by atoms with E-state index in [2.05, 4.69) is 136 Å². The van der Waals surface area contributed by atoms with Gasteiger partial charge in [-0.15, -0.1) is 0 Å². The molecule has 0 fully saturated rings. The maximum absolute atomic E-state index is 2.62. The third-order valence-corrected chi connectivity index (χ3v) is 14.6. The molecule has 0 saturated carbocycles. The zero-order chi connectivity index (χ0) is 29.0. The molecule has 0 aliphatic heterocycles. The van der Waals surface area contributed by atoms with Crippen LogP contribution in [0.15, 0.2) is 75.3 Å². The minimum Gasteiger partial charge on any atom is -1.00 e. The summed E-state index contributed by atoms with van der Waals surface area (Å²) in [6.07, 6.45) is 10.0. The first-order valence-electron chi connectivity index (χ1n) is 15.8. The van der Waals surface area contributed by atoms with Crippen molar-refractivity contribution in [1.29, 1.82) is 0 Å². The van der Waals surface area contributed by atoms with Crippen LogP contribution in [0.1, 0.15) is 95.2 Å². The van der Waals surface area contributed by atoms with Gasteiger partial charge in [-0.25, -0.2) is 0 Å². The number of halogens is 3. The van der Waals surface area contributed by atoms with Crippen molar-refractivity contribution in [3.63, 3.8) is 0 Å². The second kappa shape index (κ2) is 17.6. The summed E-state index contributed by atoms with van der Waals surface area (Å²) in [4.78, 5) is 0. The standard InChI is InChI=1S/C38H49Si.3ClH.Ti/c1-9-28-18-29(10-2)22-34(21-28)39(38-17-15-16-37(38)27(7)8,35-23-30(11-3)19-31(12-4)24-35)36-25-32(13-5)20-33(14-6)26-36;;;;/h15,18-27H,9-14,17H2,1-8H3;3*1H;/q;;;;+3/p-3. The Morgan fingerprint density at radius 2 is 0.814 bits per heavy atom. The van der Waals surface area contributed by atoms with Gasteiger partial charge in [0.15, 0.2) is 0 Å². The zero-order valence-electron chi connectivity index (χ0n) is 27.4. The van der Waals surface area contributed by atoms with Gasteiger partial charge >= 0.3 is 259 Å². The molecule has 43 heavy (non-hydrogen) atoms. The van der Waals surface area contributed by atoms with Crippen molar-refractivity contribution in [2.24, 2.45) is 5.92 Å². The van der Waals surface area contributed by atoms with Gasteiger partial charge < -0.3 is 37.2 Å². The van der Waals surface area contributed by atoms with Crippen molar-refractivity contribution in [3.05, 3.63) is 109 Å². The Bertz CT molecular complexity index is 1240. The topological polar surface area (TPSA) is 0 Å². The summed E-state index contributed by atoms with van der Waals surface area (Å²) in [7, 11) is -2.62. The average Bonchev–Trinajstić information content (AvgIpc) is 3.38. The summed E-state index contributed by atoms with van der Waals surface area (Å²) >= 11 is 2.36. The van der Waals surface area contributed by atoms with Crippen LogP contribution in [-0.2, 0) is 59.0 Å². The molecule has 0 radical (unpaired) electrons. The Morgan fingerprint density at radius 1 is 0.535 bits per heavy atom. The van der Waals surface area contributed by atoms with Crippen LogP contribution in [0.4, 0.5) is 0 Å². The van der Waals surface area contributed by atoms with E-state index < -0.39 is 8.07 Å². The molecule has 0 saturated heterocycles. The SMILES string of the molecule is CCc1cc(CC)cc([Si](C2=C(C(C)C)[C]([Ti+3])=CC2)(c2cc(CC)cc(CC)c2)c2cc(CC)cc(CC)c2)c1.[Cl-].[Cl-].[Cl-]. The molecule has 0 aromatic heterocycles. The summed E-state index contributed by atoms with van der Waals surface area (Å²) in [6.45, 7) is 18.8. The van der Waals surface area contributed by atoms with Crippen LogP contribution in [0.2, 0.25) is 0 Å². The number of hydrogen-bond donors (Lipinski definition) is 0. The first kappa shape index (κ1) is 40.0. The van der Waals surface area contributed by atoms with Gasteiger partial charge in [0.2, 0.25) is 0 Å². The first-order valence-corrected chi connectivity index (χ1v) is 18.6. The Kier molecular flexibility index (Phi) is 16.3. The third-order valence-electron chi connectivity index (χ3n) is 9.06. The molecule has 0 unspecified atom stereocenters. The van der Waals surface area contributed by atoms with E-state index in [1.807, 2.05) is 0 Å². The van der Waals surface area contributed by atoms with E-state index >= 15 is 0 Å². The third kappa shape index (κ3) is 8.03. The normalized spacial score (nSPS) is 13.0. The van der Waals surface area contributed by atoms with E-state index in [-0.39, 0.29) is 37.2 Å². The summed E-state index contributed by atoms with van der Waals surface area (Å²) in [5.74, 6) is 0.501. The molecule has 0 nitrogen and oxygen atoms in total. The molecule has 0 spiro atoms. The number of hydrogen-bond acceptors (Lipinski definition) is 0. The van der Waals surface area contributed by atoms with E-state index in [0.29, 0.717) is 5.92 Å². The van der Waals surface area contributed by atoms with E-state index in [4.69, 9.17) is 0 Å². The van der Waals surface area contributed by atoms with Gasteiger partial charge in [-0.1, -0.05) is 0 Å². The van der Waals surface area contributed by atoms with Crippen LogP contribution in [0, 0.1) is 5.92 Å². The second-order valence-corrected chi connectivity index (χ2v) is 16.5. The van der Waals surface area contributed by atoms with Gasteiger partial charge in [0.05, 0.1) is 0 Å². The fourth-order valence-electron chi connectivity index (χ4n) is 6.79. The summed E-state index contributed by atoms with van der Waals surface area (Å²) in [5, 5.41) is 6.49. The number of benzene rings is 3. The number of aryl methyl sites for hydroxylation is 6. The molecule has 0 heterocycles. The first-order chi connectivity index (χ1) is 19.2. The maximum atomic E-state index is 2.61. The largest absolute Gasteiger partial charge is 1.00 e. The molecule has 5 heteroatoms. The monoisotopic (exact) mass is 686 g/mol. The van der Waals surface area contributed by atoms with E-state index in [1.54, 1.807) is 26.3 Å². The molecule has 3 aromatic rings. The van der Waals surface area contributed by atoms with Gasteiger partial charge in [-0.3, -0.25) is 0 Å². The zero-order valence-corrected chi connectivity index (χ0v) is 32.3. The predicted molar refractivity (Wildman–Crippen MR) is 175 cm³/mol. The van der Waals surface area contributed by atoms with Crippen molar-refractivity contribution in [3.8, 4) is 0 Å². The Morgan fingerprint density at radius 3 is 1.05 bits per heavy atom. The van der Waals surface area contributed by atoms with Crippen LogP contribution in [0.25, 0.3) is 0 Å². The van der Waals surface area contributed by atoms with Crippen LogP contribution < -0.4 is 52.8 Å². The summed E-state index contributed by atoms with van der Waals surface area (Å²) < 4.78 is 1.49. The van der Waals surface area contributed by atoms with Crippen LogP contribution >= 0.6 is 0 Å². The molecule has 1 aliphatic rings.